The summed E-state index contributed by atoms with van der Waals surface area (Å²) in [6, 6.07) is 7.43. The van der Waals surface area contributed by atoms with Crippen molar-refractivity contribution in [1.29, 1.82) is 0 Å². The molecule has 4 heteroatoms. The topological polar surface area (TPSA) is 38.3 Å². The minimum absolute atomic E-state index is 0.292. The Morgan fingerprint density at radius 3 is 2.79 bits per heavy atom. The molecule has 0 bridgehead atoms. The molecule has 1 atom stereocenters. The Balaban J connectivity index is 2.37. The second-order valence-electron chi connectivity index (χ2n) is 4.03. The lowest BCUT2D eigenvalue weighted by atomic mass is 10.2. The Morgan fingerprint density at radius 1 is 1.47 bits per heavy atom. The molecule has 0 aliphatic carbocycles. The van der Waals surface area contributed by atoms with Gasteiger partial charge in [0.2, 0.25) is 0 Å². The molecular formula is C15H18ClNO2. The van der Waals surface area contributed by atoms with Crippen LogP contribution in [-0.2, 0) is 4.74 Å². The quantitative estimate of drug-likeness (QED) is 0.630. The summed E-state index contributed by atoms with van der Waals surface area (Å²) in [7, 11) is 0. The van der Waals surface area contributed by atoms with E-state index in [1.807, 2.05) is 36.4 Å². The van der Waals surface area contributed by atoms with Crippen LogP contribution in [0.4, 0.5) is 4.79 Å². The standard InChI is InChI=1S/C15H18ClNO2/c1-3-4-11-17-15(18)19-12(2)5-6-13-7-9-14(16)10-8-13/h3,5-10,12H,1,4,11H2,2H3,(H,17,18)/b6-5+. The lowest BCUT2D eigenvalue weighted by molar-refractivity contribution is 0.127. The summed E-state index contributed by atoms with van der Waals surface area (Å²) >= 11 is 5.79. The molecule has 0 saturated heterocycles. The Hall–Kier alpha value is -1.74. The molecule has 3 nitrogen and oxygen atoms in total. The zero-order valence-electron chi connectivity index (χ0n) is 10.9. The van der Waals surface area contributed by atoms with Crippen molar-refractivity contribution in [3.05, 3.63) is 53.6 Å². The van der Waals surface area contributed by atoms with Crippen LogP contribution in [0.3, 0.4) is 0 Å². The number of alkyl carbamates (subject to hydrolysis) is 1. The monoisotopic (exact) mass is 279 g/mol. The van der Waals surface area contributed by atoms with Gasteiger partial charge < -0.3 is 10.1 Å². The van der Waals surface area contributed by atoms with Crippen molar-refractivity contribution >= 4 is 23.8 Å². The van der Waals surface area contributed by atoms with E-state index in [1.165, 1.54) is 0 Å². The molecule has 0 aliphatic heterocycles. The van der Waals surface area contributed by atoms with Gasteiger partial charge >= 0.3 is 6.09 Å². The zero-order valence-corrected chi connectivity index (χ0v) is 11.7. The van der Waals surface area contributed by atoms with Crippen molar-refractivity contribution in [1.82, 2.24) is 5.32 Å². The van der Waals surface area contributed by atoms with Gasteiger partial charge in [0.1, 0.15) is 6.10 Å². The van der Waals surface area contributed by atoms with E-state index in [9.17, 15) is 4.79 Å². The van der Waals surface area contributed by atoms with Crippen LogP contribution in [0, 0.1) is 0 Å². The summed E-state index contributed by atoms with van der Waals surface area (Å²) in [6.45, 7) is 5.92. The third-order valence-electron chi connectivity index (χ3n) is 2.34. The lowest BCUT2D eigenvalue weighted by Crippen LogP contribution is -2.27. The van der Waals surface area contributed by atoms with Crippen molar-refractivity contribution in [3.8, 4) is 0 Å². The SMILES string of the molecule is C=CCCNC(=O)OC(C)/C=C/c1ccc(Cl)cc1. The minimum Gasteiger partial charge on any atom is -0.442 e. The molecule has 0 aromatic heterocycles. The van der Waals surface area contributed by atoms with Crippen LogP contribution >= 0.6 is 11.6 Å². The summed E-state index contributed by atoms with van der Waals surface area (Å²) in [4.78, 5) is 11.4. The fraction of sp³-hybridized carbons (Fsp3) is 0.267. The van der Waals surface area contributed by atoms with Crippen molar-refractivity contribution in [3.63, 3.8) is 0 Å². The molecule has 1 aromatic carbocycles. The molecule has 0 fully saturated rings. The molecule has 102 valence electrons. The van der Waals surface area contributed by atoms with Gasteiger partial charge in [-0.15, -0.1) is 6.58 Å². The lowest BCUT2D eigenvalue weighted by Gasteiger charge is -2.09. The second kappa shape index (κ2) is 8.38. The third kappa shape index (κ3) is 6.67. The molecule has 0 aliphatic rings. The minimum atomic E-state index is -0.421. The van der Waals surface area contributed by atoms with E-state index in [1.54, 1.807) is 13.0 Å². The van der Waals surface area contributed by atoms with Gasteiger partial charge in [-0.3, -0.25) is 0 Å². The summed E-state index contributed by atoms with van der Waals surface area (Å²) in [6.07, 6.45) is 5.46. The molecule has 1 aromatic rings. The van der Waals surface area contributed by atoms with Crippen LogP contribution in [0.15, 0.2) is 43.0 Å². The fourth-order valence-electron chi connectivity index (χ4n) is 1.35. The van der Waals surface area contributed by atoms with E-state index in [0.29, 0.717) is 11.6 Å². The van der Waals surface area contributed by atoms with Gasteiger partial charge in [0.05, 0.1) is 0 Å². The first-order chi connectivity index (χ1) is 9.11. The molecule has 1 rings (SSSR count). The highest BCUT2D eigenvalue weighted by atomic mass is 35.5. The normalized spacial score (nSPS) is 12.1. The largest absolute Gasteiger partial charge is 0.442 e. The van der Waals surface area contributed by atoms with E-state index in [4.69, 9.17) is 16.3 Å². The van der Waals surface area contributed by atoms with Crippen molar-refractivity contribution < 1.29 is 9.53 Å². The van der Waals surface area contributed by atoms with Crippen LogP contribution in [0.25, 0.3) is 6.08 Å². The van der Waals surface area contributed by atoms with E-state index >= 15 is 0 Å². The number of ether oxygens (including phenoxy) is 1. The molecule has 0 radical (unpaired) electrons. The predicted octanol–water partition coefficient (Wildman–Crippen LogP) is 4.04. The maximum Gasteiger partial charge on any atom is 0.407 e. The summed E-state index contributed by atoms with van der Waals surface area (Å²) in [5, 5.41) is 3.33. The smallest absolute Gasteiger partial charge is 0.407 e. The molecule has 0 saturated carbocycles. The number of rotatable bonds is 6. The van der Waals surface area contributed by atoms with Gasteiger partial charge in [0.25, 0.3) is 0 Å². The third-order valence-corrected chi connectivity index (χ3v) is 2.59. The highest BCUT2D eigenvalue weighted by molar-refractivity contribution is 6.30. The number of amides is 1. The zero-order chi connectivity index (χ0) is 14.1. The number of carbonyl (C=O) groups excluding carboxylic acids is 1. The average molecular weight is 280 g/mol. The molecule has 1 amide bonds. The van der Waals surface area contributed by atoms with Gasteiger partial charge in [-0.2, -0.15) is 0 Å². The van der Waals surface area contributed by atoms with Crippen LogP contribution in [0.2, 0.25) is 5.02 Å². The predicted molar refractivity (Wildman–Crippen MR) is 79.2 cm³/mol. The van der Waals surface area contributed by atoms with Gasteiger partial charge in [-0.05, 0) is 37.1 Å². The Kier molecular flexibility index (Phi) is 6.75. The number of carbonyl (C=O) groups is 1. The Labute approximate surface area is 118 Å². The maximum atomic E-state index is 11.4. The number of benzene rings is 1. The van der Waals surface area contributed by atoms with Crippen LogP contribution < -0.4 is 5.32 Å². The maximum absolute atomic E-state index is 11.4. The number of halogens is 1. The first-order valence-corrected chi connectivity index (χ1v) is 6.49. The van der Waals surface area contributed by atoms with Crippen LogP contribution in [-0.4, -0.2) is 18.7 Å². The molecular weight excluding hydrogens is 262 g/mol. The van der Waals surface area contributed by atoms with E-state index in [2.05, 4.69) is 11.9 Å². The molecule has 0 spiro atoms. The average Bonchev–Trinajstić information content (AvgIpc) is 2.38. The van der Waals surface area contributed by atoms with Gasteiger partial charge in [-0.1, -0.05) is 35.9 Å². The first kappa shape index (κ1) is 15.3. The summed E-state index contributed by atoms with van der Waals surface area (Å²) in [5.41, 5.74) is 1.01. The molecule has 0 heterocycles. The molecule has 19 heavy (non-hydrogen) atoms. The number of nitrogens with one attached hydrogen (secondary N) is 1. The fourth-order valence-corrected chi connectivity index (χ4v) is 1.47. The molecule has 1 unspecified atom stereocenters. The van der Waals surface area contributed by atoms with Crippen LogP contribution in [0.5, 0.6) is 0 Å². The number of hydrogen-bond acceptors (Lipinski definition) is 2. The van der Waals surface area contributed by atoms with Gasteiger partial charge in [0.15, 0.2) is 0 Å². The highest BCUT2D eigenvalue weighted by Crippen LogP contribution is 2.11. The van der Waals surface area contributed by atoms with E-state index in [0.717, 1.165) is 12.0 Å². The van der Waals surface area contributed by atoms with Crippen molar-refractivity contribution in [2.24, 2.45) is 0 Å². The van der Waals surface area contributed by atoms with Crippen molar-refractivity contribution in [2.45, 2.75) is 19.4 Å². The van der Waals surface area contributed by atoms with Gasteiger partial charge in [-0.25, -0.2) is 4.79 Å². The molecule has 1 N–H and O–H groups in total. The van der Waals surface area contributed by atoms with Crippen molar-refractivity contribution in [2.75, 3.05) is 6.54 Å². The number of hydrogen-bond donors (Lipinski definition) is 1. The van der Waals surface area contributed by atoms with Gasteiger partial charge in [0, 0.05) is 11.6 Å². The second-order valence-corrected chi connectivity index (χ2v) is 4.46. The Bertz CT molecular complexity index is 440. The van der Waals surface area contributed by atoms with Crippen LogP contribution in [0.1, 0.15) is 18.9 Å². The summed E-state index contributed by atoms with van der Waals surface area (Å²) < 4.78 is 5.15. The Morgan fingerprint density at radius 2 is 2.16 bits per heavy atom. The first-order valence-electron chi connectivity index (χ1n) is 6.11. The van der Waals surface area contributed by atoms with E-state index < -0.39 is 6.09 Å². The summed E-state index contributed by atoms with van der Waals surface area (Å²) in [5.74, 6) is 0. The highest BCUT2D eigenvalue weighted by Gasteiger charge is 2.04. The van der Waals surface area contributed by atoms with E-state index in [-0.39, 0.29) is 6.10 Å².